The highest BCUT2D eigenvalue weighted by Gasteiger charge is 2.49. The zero-order valence-corrected chi connectivity index (χ0v) is 19.5. The minimum absolute atomic E-state index is 0.122. The van der Waals surface area contributed by atoms with Crippen molar-refractivity contribution in [2.24, 2.45) is 0 Å². The van der Waals surface area contributed by atoms with Crippen molar-refractivity contribution in [2.75, 3.05) is 19.1 Å². The van der Waals surface area contributed by atoms with Gasteiger partial charge in [-0.2, -0.15) is 0 Å². The molecule has 0 saturated carbocycles. The predicted molar refractivity (Wildman–Crippen MR) is 127 cm³/mol. The molecule has 172 valence electrons. The fraction of sp³-hybridized carbons (Fsp3) is 0.440. The van der Waals surface area contributed by atoms with Crippen LogP contribution < -0.4 is 15.0 Å². The molecule has 33 heavy (non-hydrogen) atoms. The summed E-state index contributed by atoms with van der Waals surface area (Å²) in [6, 6.07) is 11.4. The standard InChI is InChI=1S/C25H30N6O2/c1-24-9-10-25(2,30-24)14-17(13-24)31(3)22-8-7-19(28-29-22)18-6-5-16(11-21(18)32)20-12-23(33-4)27-15-26-20/h5-8,11-12,15,17,30,32H,9-10,13-14H2,1-4H3/t17?,24-,25+. The predicted octanol–water partition coefficient (Wildman–Crippen LogP) is 3.81. The molecule has 4 heterocycles. The van der Waals surface area contributed by atoms with Gasteiger partial charge in [0.05, 0.1) is 18.5 Å². The van der Waals surface area contributed by atoms with Crippen molar-refractivity contribution in [3.63, 3.8) is 0 Å². The second kappa shape index (κ2) is 7.95. The molecule has 8 heteroatoms. The third kappa shape index (κ3) is 4.11. The van der Waals surface area contributed by atoms with Gasteiger partial charge in [0.1, 0.15) is 12.1 Å². The van der Waals surface area contributed by atoms with Gasteiger partial charge in [0.15, 0.2) is 5.82 Å². The summed E-state index contributed by atoms with van der Waals surface area (Å²) in [4.78, 5) is 10.5. The number of rotatable bonds is 5. The molecule has 2 aliphatic heterocycles. The monoisotopic (exact) mass is 446 g/mol. The Balaban J connectivity index is 1.35. The molecule has 0 radical (unpaired) electrons. The third-order valence-electron chi connectivity index (χ3n) is 7.18. The lowest BCUT2D eigenvalue weighted by Gasteiger charge is -2.45. The molecule has 0 amide bonds. The SMILES string of the molecule is COc1cc(-c2ccc(-c3ccc(N(C)C4C[C@]5(C)CC[C@](C)(C4)N5)nn3)c(O)c2)ncn1. The van der Waals surface area contributed by atoms with E-state index in [-0.39, 0.29) is 16.8 Å². The summed E-state index contributed by atoms with van der Waals surface area (Å²) in [7, 11) is 3.66. The first-order chi connectivity index (χ1) is 15.8. The quantitative estimate of drug-likeness (QED) is 0.611. The summed E-state index contributed by atoms with van der Waals surface area (Å²) in [5.74, 6) is 1.44. The molecule has 3 atom stereocenters. The van der Waals surface area contributed by atoms with Crippen LogP contribution in [0.3, 0.4) is 0 Å². The highest BCUT2D eigenvalue weighted by Crippen LogP contribution is 2.43. The molecule has 2 N–H and O–H groups in total. The Morgan fingerprint density at radius 2 is 1.76 bits per heavy atom. The van der Waals surface area contributed by atoms with E-state index < -0.39 is 0 Å². The Morgan fingerprint density at radius 3 is 2.39 bits per heavy atom. The Kier molecular flexibility index (Phi) is 5.20. The Morgan fingerprint density at radius 1 is 1.00 bits per heavy atom. The zero-order valence-electron chi connectivity index (χ0n) is 19.5. The number of nitrogens with zero attached hydrogens (tertiary/aromatic N) is 5. The molecule has 8 nitrogen and oxygen atoms in total. The first-order valence-corrected chi connectivity index (χ1v) is 11.3. The van der Waals surface area contributed by atoms with Crippen molar-refractivity contribution in [1.29, 1.82) is 0 Å². The number of nitrogens with one attached hydrogen (secondary N) is 1. The maximum atomic E-state index is 10.7. The van der Waals surface area contributed by atoms with Crippen molar-refractivity contribution in [3.05, 3.63) is 42.7 Å². The molecular formula is C25H30N6O2. The van der Waals surface area contributed by atoms with Gasteiger partial charge in [0.25, 0.3) is 0 Å². The fourth-order valence-electron chi connectivity index (χ4n) is 5.46. The number of phenolic OH excluding ortho intramolecular Hbond substituents is 1. The van der Waals surface area contributed by atoms with E-state index in [1.54, 1.807) is 19.2 Å². The van der Waals surface area contributed by atoms with Crippen molar-refractivity contribution >= 4 is 5.82 Å². The van der Waals surface area contributed by atoms with Gasteiger partial charge in [-0.05, 0) is 63.8 Å². The topological polar surface area (TPSA) is 96.3 Å². The maximum absolute atomic E-state index is 10.7. The fourth-order valence-corrected chi connectivity index (χ4v) is 5.46. The molecular weight excluding hydrogens is 416 g/mol. The smallest absolute Gasteiger partial charge is 0.216 e. The lowest BCUT2D eigenvalue weighted by Crippen LogP contribution is -2.58. The van der Waals surface area contributed by atoms with Crippen LogP contribution in [0.5, 0.6) is 11.6 Å². The molecule has 0 aliphatic carbocycles. The minimum Gasteiger partial charge on any atom is -0.507 e. The van der Waals surface area contributed by atoms with E-state index in [1.165, 1.54) is 19.2 Å². The van der Waals surface area contributed by atoms with E-state index in [2.05, 4.69) is 51.3 Å². The van der Waals surface area contributed by atoms with Gasteiger partial charge in [-0.15, -0.1) is 10.2 Å². The number of piperidine rings is 1. The van der Waals surface area contributed by atoms with E-state index in [0.717, 1.165) is 24.2 Å². The van der Waals surface area contributed by atoms with Crippen LogP contribution in [0, 0.1) is 0 Å². The van der Waals surface area contributed by atoms with Crippen LogP contribution in [0.25, 0.3) is 22.5 Å². The van der Waals surface area contributed by atoms with Crippen molar-refractivity contribution in [1.82, 2.24) is 25.5 Å². The molecule has 1 unspecified atom stereocenters. The lowest BCUT2D eigenvalue weighted by molar-refractivity contribution is 0.207. The van der Waals surface area contributed by atoms with E-state index in [9.17, 15) is 5.11 Å². The molecule has 0 spiro atoms. The van der Waals surface area contributed by atoms with Gasteiger partial charge in [0, 0.05) is 41.4 Å². The molecule has 2 aliphatic rings. The number of anilines is 1. The number of benzene rings is 1. The van der Waals surface area contributed by atoms with Gasteiger partial charge in [0.2, 0.25) is 5.88 Å². The van der Waals surface area contributed by atoms with Crippen LogP contribution in [0.4, 0.5) is 5.82 Å². The molecule has 2 saturated heterocycles. The second-order valence-corrected chi connectivity index (χ2v) is 9.87. The normalized spacial score (nSPS) is 26.2. The molecule has 2 bridgehead atoms. The third-order valence-corrected chi connectivity index (χ3v) is 7.18. The molecule has 2 fully saturated rings. The molecule has 2 aromatic heterocycles. The minimum atomic E-state index is 0.122. The van der Waals surface area contributed by atoms with E-state index in [4.69, 9.17) is 4.74 Å². The van der Waals surface area contributed by atoms with Crippen molar-refractivity contribution in [3.8, 4) is 34.1 Å². The van der Waals surface area contributed by atoms with E-state index in [0.29, 0.717) is 28.9 Å². The lowest BCUT2D eigenvalue weighted by atomic mass is 9.84. The van der Waals surface area contributed by atoms with Crippen LogP contribution in [0.1, 0.15) is 39.5 Å². The second-order valence-electron chi connectivity index (χ2n) is 9.87. The van der Waals surface area contributed by atoms with Crippen LogP contribution in [0.15, 0.2) is 42.7 Å². The number of ether oxygens (including phenoxy) is 1. The number of hydrogen-bond acceptors (Lipinski definition) is 8. The highest BCUT2D eigenvalue weighted by atomic mass is 16.5. The maximum Gasteiger partial charge on any atom is 0.216 e. The summed E-state index contributed by atoms with van der Waals surface area (Å²) in [6.07, 6.45) is 6.07. The largest absolute Gasteiger partial charge is 0.507 e. The average Bonchev–Trinajstić information content (AvgIpc) is 3.05. The summed E-state index contributed by atoms with van der Waals surface area (Å²) in [5.41, 5.74) is 3.08. The Bertz CT molecular complexity index is 1150. The Labute approximate surface area is 194 Å². The summed E-state index contributed by atoms with van der Waals surface area (Å²) in [5, 5.41) is 23.4. The number of hydrogen-bond donors (Lipinski definition) is 2. The van der Waals surface area contributed by atoms with Gasteiger partial charge in [-0.3, -0.25) is 0 Å². The van der Waals surface area contributed by atoms with Gasteiger partial charge in [-0.25, -0.2) is 9.97 Å². The summed E-state index contributed by atoms with van der Waals surface area (Å²) in [6.45, 7) is 4.66. The molecule has 1 aromatic carbocycles. The number of methoxy groups -OCH3 is 1. The number of aromatic nitrogens is 4. The first kappa shape index (κ1) is 21.6. The number of aromatic hydroxyl groups is 1. The van der Waals surface area contributed by atoms with Crippen LogP contribution >= 0.6 is 0 Å². The Hall–Kier alpha value is -3.26. The molecule has 5 rings (SSSR count). The number of phenols is 1. The van der Waals surface area contributed by atoms with Crippen molar-refractivity contribution < 1.29 is 9.84 Å². The van der Waals surface area contributed by atoms with E-state index >= 15 is 0 Å². The van der Waals surface area contributed by atoms with Crippen LogP contribution in [0.2, 0.25) is 0 Å². The summed E-state index contributed by atoms with van der Waals surface area (Å²) < 4.78 is 5.16. The average molecular weight is 447 g/mol. The number of fused-ring (bicyclic) bond motifs is 2. The van der Waals surface area contributed by atoms with Crippen LogP contribution in [-0.4, -0.2) is 56.5 Å². The first-order valence-electron chi connectivity index (χ1n) is 11.3. The molecule has 3 aromatic rings. The van der Waals surface area contributed by atoms with Gasteiger partial charge in [-0.1, -0.05) is 6.07 Å². The van der Waals surface area contributed by atoms with Gasteiger partial charge < -0.3 is 20.1 Å². The van der Waals surface area contributed by atoms with E-state index in [1.807, 2.05) is 24.3 Å². The highest BCUT2D eigenvalue weighted by molar-refractivity contribution is 5.73. The van der Waals surface area contributed by atoms with Crippen molar-refractivity contribution in [2.45, 2.75) is 56.7 Å². The van der Waals surface area contributed by atoms with Crippen LogP contribution in [-0.2, 0) is 0 Å². The summed E-state index contributed by atoms with van der Waals surface area (Å²) >= 11 is 0. The zero-order chi connectivity index (χ0) is 23.2. The van der Waals surface area contributed by atoms with Gasteiger partial charge >= 0.3 is 0 Å².